The Morgan fingerprint density at radius 1 is 1.27 bits per heavy atom. The molecule has 0 radical (unpaired) electrons. The molecule has 2 amide bonds. The highest BCUT2D eigenvalue weighted by atomic mass is 32.2. The lowest BCUT2D eigenvalue weighted by molar-refractivity contribution is 0.203. The Hall–Kier alpha value is -0.780. The summed E-state index contributed by atoms with van der Waals surface area (Å²) >= 11 is 0. The van der Waals surface area contributed by atoms with E-state index in [1.807, 2.05) is 13.8 Å². The van der Waals surface area contributed by atoms with E-state index in [-0.39, 0.29) is 11.8 Å². The third-order valence-electron chi connectivity index (χ3n) is 2.02. The van der Waals surface area contributed by atoms with Gasteiger partial charge in [-0.05, 0) is 20.3 Å². The number of urea groups is 1. The number of hydrogen-bond acceptors (Lipinski definition) is 3. The molecule has 0 aliphatic rings. The van der Waals surface area contributed by atoms with Gasteiger partial charge in [-0.2, -0.15) is 0 Å². The summed E-state index contributed by atoms with van der Waals surface area (Å²) in [5, 5.41) is 2.68. The van der Waals surface area contributed by atoms with E-state index in [4.69, 9.17) is 0 Å². The second-order valence-electron chi connectivity index (χ2n) is 3.39. The van der Waals surface area contributed by atoms with Crippen LogP contribution in [0.2, 0.25) is 0 Å². The molecule has 90 valence electrons. The maximum atomic E-state index is 11.4. The zero-order chi connectivity index (χ0) is 11.9. The molecule has 0 fully saturated rings. The summed E-state index contributed by atoms with van der Waals surface area (Å²) in [6.07, 6.45) is 1.66. The van der Waals surface area contributed by atoms with Crippen LogP contribution in [0.1, 0.15) is 20.3 Å². The fraction of sp³-hybridized carbons (Fsp3) is 0.889. The SMILES string of the molecule is CCN(CC)C(=O)NCCCS(C)(=O)=O. The molecular formula is C9H20N2O3S. The molecule has 0 heterocycles. The highest BCUT2D eigenvalue weighted by Crippen LogP contribution is 1.90. The van der Waals surface area contributed by atoms with Gasteiger partial charge in [0.1, 0.15) is 9.84 Å². The first-order valence-electron chi connectivity index (χ1n) is 5.11. The molecule has 0 rings (SSSR count). The molecule has 0 aliphatic heterocycles. The van der Waals surface area contributed by atoms with E-state index in [0.717, 1.165) is 0 Å². The zero-order valence-corrected chi connectivity index (χ0v) is 10.4. The largest absolute Gasteiger partial charge is 0.338 e. The van der Waals surface area contributed by atoms with Gasteiger partial charge in [-0.3, -0.25) is 0 Å². The van der Waals surface area contributed by atoms with Crippen LogP contribution in [0, 0.1) is 0 Å². The van der Waals surface area contributed by atoms with E-state index in [1.165, 1.54) is 6.26 Å². The van der Waals surface area contributed by atoms with Gasteiger partial charge in [-0.25, -0.2) is 13.2 Å². The average Bonchev–Trinajstić information content (AvgIpc) is 2.13. The molecule has 0 aromatic heterocycles. The van der Waals surface area contributed by atoms with Crippen molar-refractivity contribution >= 4 is 15.9 Å². The van der Waals surface area contributed by atoms with Crippen LogP contribution in [0.25, 0.3) is 0 Å². The van der Waals surface area contributed by atoms with E-state index in [1.54, 1.807) is 4.90 Å². The maximum absolute atomic E-state index is 11.4. The molecule has 1 N–H and O–H groups in total. The predicted molar refractivity (Wildman–Crippen MR) is 60.6 cm³/mol. The first kappa shape index (κ1) is 14.2. The van der Waals surface area contributed by atoms with Gasteiger partial charge in [0.05, 0.1) is 5.75 Å². The number of rotatable bonds is 6. The van der Waals surface area contributed by atoms with Crippen molar-refractivity contribution in [3.8, 4) is 0 Å². The van der Waals surface area contributed by atoms with E-state index in [9.17, 15) is 13.2 Å². The lowest BCUT2D eigenvalue weighted by Gasteiger charge is -2.18. The lowest BCUT2D eigenvalue weighted by atomic mass is 10.5. The van der Waals surface area contributed by atoms with Gasteiger partial charge in [-0.1, -0.05) is 0 Å². The summed E-state index contributed by atoms with van der Waals surface area (Å²) in [6, 6.07) is -0.131. The monoisotopic (exact) mass is 236 g/mol. The standard InChI is InChI=1S/C9H20N2O3S/c1-4-11(5-2)9(12)10-7-6-8-15(3,13)14/h4-8H2,1-3H3,(H,10,12). The van der Waals surface area contributed by atoms with Crippen molar-refractivity contribution in [1.29, 1.82) is 0 Å². The lowest BCUT2D eigenvalue weighted by Crippen LogP contribution is -2.40. The Balaban J connectivity index is 3.73. The maximum Gasteiger partial charge on any atom is 0.317 e. The quantitative estimate of drug-likeness (QED) is 0.682. The van der Waals surface area contributed by atoms with Gasteiger partial charge in [-0.15, -0.1) is 0 Å². The van der Waals surface area contributed by atoms with Gasteiger partial charge in [0, 0.05) is 25.9 Å². The zero-order valence-electron chi connectivity index (χ0n) is 9.62. The Kier molecular flexibility index (Phi) is 6.31. The number of nitrogens with one attached hydrogen (secondary N) is 1. The van der Waals surface area contributed by atoms with Gasteiger partial charge < -0.3 is 10.2 Å². The highest BCUT2D eigenvalue weighted by Gasteiger charge is 2.08. The van der Waals surface area contributed by atoms with Gasteiger partial charge in [0.25, 0.3) is 0 Å². The fourth-order valence-corrected chi connectivity index (χ4v) is 1.82. The smallest absolute Gasteiger partial charge is 0.317 e. The molecule has 15 heavy (non-hydrogen) atoms. The van der Waals surface area contributed by atoms with E-state index in [0.29, 0.717) is 26.1 Å². The van der Waals surface area contributed by atoms with Crippen LogP contribution in [0.4, 0.5) is 4.79 Å². The normalized spacial score (nSPS) is 11.1. The van der Waals surface area contributed by atoms with Gasteiger partial charge in [0.2, 0.25) is 0 Å². The van der Waals surface area contributed by atoms with E-state index < -0.39 is 9.84 Å². The number of hydrogen-bond donors (Lipinski definition) is 1. The Bertz CT molecular complexity index is 284. The van der Waals surface area contributed by atoms with Crippen LogP contribution < -0.4 is 5.32 Å². The molecular weight excluding hydrogens is 216 g/mol. The second kappa shape index (κ2) is 6.66. The van der Waals surface area contributed by atoms with Crippen LogP contribution in [0.3, 0.4) is 0 Å². The third-order valence-corrected chi connectivity index (χ3v) is 3.05. The molecule has 0 aliphatic carbocycles. The second-order valence-corrected chi connectivity index (χ2v) is 5.65. The average molecular weight is 236 g/mol. The molecule has 0 spiro atoms. The summed E-state index contributed by atoms with van der Waals surface area (Å²) in [7, 11) is -2.92. The van der Waals surface area contributed by atoms with Crippen molar-refractivity contribution < 1.29 is 13.2 Å². The van der Waals surface area contributed by atoms with E-state index >= 15 is 0 Å². The minimum Gasteiger partial charge on any atom is -0.338 e. The first-order chi connectivity index (χ1) is 6.90. The summed E-state index contributed by atoms with van der Waals surface area (Å²) in [4.78, 5) is 13.0. The summed E-state index contributed by atoms with van der Waals surface area (Å²) in [5.41, 5.74) is 0. The molecule has 0 saturated carbocycles. The number of carbonyl (C=O) groups is 1. The molecule has 6 heteroatoms. The molecule has 0 bridgehead atoms. The molecule has 0 aromatic carbocycles. The summed E-state index contributed by atoms with van der Waals surface area (Å²) in [6.45, 7) is 5.53. The number of sulfone groups is 1. The molecule has 0 saturated heterocycles. The Labute approximate surface area is 91.8 Å². The predicted octanol–water partition coefficient (Wildman–Crippen LogP) is 0.472. The molecule has 0 aromatic rings. The summed E-state index contributed by atoms with van der Waals surface area (Å²) in [5.74, 6) is 0.117. The topological polar surface area (TPSA) is 66.5 Å². The van der Waals surface area contributed by atoms with Crippen LogP contribution in [-0.4, -0.2) is 51.0 Å². The van der Waals surface area contributed by atoms with Gasteiger partial charge >= 0.3 is 6.03 Å². The Morgan fingerprint density at radius 2 is 1.80 bits per heavy atom. The van der Waals surface area contributed by atoms with E-state index in [2.05, 4.69) is 5.32 Å². The molecule has 5 nitrogen and oxygen atoms in total. The molecule has 0 unspecified atom stereocenters. The number of nitrogens with zero attached hydrogens (tertiary/aromatic N) is 1. The minimum atomic E-state index is -2.92. The van der Waals surface area contributed by atoms with Crippen molar-refractivity contribution in [1.82, 2.24) is 10.2 Å². The van der Waals surface area contributed by atoms with Crippen molar-refractivity contribution in [3.05, 3.63) is 0 Å². The van der Waals surface area contributed by atoms with Crippen LogP contribution in [0.5, 0.6) is 0 Å². The fourth-order valence-electron chi connectivity index (χ4n) is 1.15. The van der Waals surface area contributed by atoms with Crippen molar-refractivity contribution in [3.63, 3.8) is 0 Å². The van der Waals surface area contributed by atoms with Crippen LogP contribution in [-0.2, 0) is 9.84 Å². The Morgan fingerprint density at radius 3 is 2.20 bits per heavy atom. The van der Waals surface area contributed by atoms with Crippen molar-refractivity contribution in [2.75, 3.05) is 31.6 Å². The highest BCUT2D eigenvalue weighted by molar-refractivity contribution is 7.90. The van der Waals surface area contributed by atoms with Crippen molar-refractivity contribution in [2.24, 2.45) is 0 Å². The van der Waals surface area contributed by atoms with Gasteiger partial charge in [0.15, 0.2) is 0 Å². The van der Waals surface area contributed by atoms with Crippen LogP contribution >= 0.6 is 0 Å². The third kappa shape index (κ3) is 7.18. The number of carbonyl (C=O) groups excluding carboxylic acids is 1. The number of amides is 2. The first-order valence-corrected chi connectivity index (χ1v) is 7.17. The molecule has 0 atom stereocenters. The van der Waals surface area contributed by atoms with Crippen LogP contribution in [0.15, 0.2) is 0 Å². The van der Waals surface area contributed by atoms with Crippen molar-refractivity contribution in [2.45, 2.75) is 20.3 Å². The summed E-state index contributed by atoms with van der Waals surface area (Å²) < 4.78 is 21.6. The minimum absolute atomic E-state index is 0.117.